The van der Waals surface area contributed by atoms with E-state index < -0.39 is 27.5 Å². The molecule has 0 N–H and O–H groups in total. The largest absolute Gasteiger partial charge is 0.364 e. The first-order chi connectivity index (χ1) is 11.5. The summed E-state index contributed by atoms with van der Waals surface area (Å²) < 4.78 is 57.3. The van der Waals surface area contributed by atoms with Crippen LogP contribution in [0, 0.1) is 0 Å². The molecule has 1 saturated heterocycles. The van der Waals surface area contributed by atoms with Crippen LogP contribution in [0.3, 0.4) is 0 Å². The second kappa shape index (κ2) is 9.56. The molecule has 1 aliphatic rings. The van der Waals surface area contributed by atoms with E-state index in [1.807, 2.05) is 13.8 Å². The molecule has 0 aromatic rings. The van der Waals surface area contributed by atoms with E-state index in [4.69, 9.17) is 28.4 Å². The molecule has 0 radical (unpaired) electrons. The van der Waals surface area contributed by atoms with E-state index >= 15 is 0 Å². The van der Waals surface area contributed by atoms with E-state index in [0.29, 0.717) is 13.0 Å². The summed E-state index contributed by atoms with van der Waals surface area (Å²) in [6, 6.07) is 0. The van der Waals surface area contributed by atoms with E-state index in [-0.39, 0.29) is 26.1 Å². The average Bonchev–Trinajstić information content (AvgIpc) is 2.87. The van der Waals surface area contributed by atoms with Gasteiger partial charge in [-0.2, -0.15) is 0 Å². The molecule has 0 spiro atoms. The summed E-state index contributed by atoms with van der Waals surface area (Å²) in [6.07, 6.45) is 0.131. The van der Waals surface area contributed by atoms with E-state index in [9.17, 15) is 8.42 Å². The first-order valence-electron chi connectivity index (χ1n) is 8.06. The lowest BCUT2D eigenvalue weighted by Crippen LogP contribution is -2.38. The maximum absolute atomic E-state index is 11.7. The molecule has 1 rings (SSSR count). The van der Waals surface area contributed by atoms with Crippen LogP contribution in [0.15, 0.2) is 0 Å². The molecule has 0 amide bonds. The lowest BCUT2D eigenvalue weighted by molar-refractivity contribution is -0.274. The Morgan fingerprint density at radius 2 is 1.96 bits per heavy atom. The summed E-state index contributed by atoms with van der Waals surface area (Å²) in [5.41, 5.74) is 0. The molecule has 25 heavy (non-hydrogen) atoms. The molecule has 1 heterocycles. The summed E-state index contributed by atoms with van der Waals surface area (Å²) >= 11 is 0. The Labute approximate surface area is 150 Å². The van der Waals surface area contributed by atoms with Crippen molar-refractivity contribution in [3.8, 4) is 0 Å². The predicted octanol–water partition coefficient (Wildman–Crippen LogP) is 0.747. The summed E-state index contributed by atoms with van der Waals surface area (Å²) in [4.78, 5) is 0. The van der Waals surface area contributed by atoms with Gasteiger partial charge in [0, 0.05) is 27.6 Å². The fourth-order valence-corrected chi connectivity index (χ4v) is 2.55. The van der Waals surface area contributed by atoms with Gasteiger partial charge in [0.2, 0.25) is 10.0 Å². The molecule has 0 aliphatic carbocycles. The third-order valence-corrected chi connectivity index (χ3v) is 5.19. The van der Waals surface area contributed by atoms with Gasteiger partial charge in [0.1, 0.15) is 12.9 Å². The summed E-state index contributed by atoms with van der Waals surface area (Å²) in [6.45, 7) is 6.33. The Bertz CT molecular complexity index is 496. The molecule has 1 fully saturated rings. The van der Waals surface area contributed by atoms with E-state index in [1.165, 1.54) is 21.2 Å². The van der Waals surface area contributed by atoms with Crippen LogP contribution in [0.4, 0.5) is 0 Å². The van der Waals surface area contributed by atoms with Crippen molar-refractivity contribution in [2.75, 3.05) is 53.8 Å². The lowest BCUT2D eigenvalue weighted by Gasteiger charge is -2.30. The molecule has 1 aliphatic heterocycles. The molecule has 0 saturated carbocycles. The van der Waals surface area contributed by atoms with Crippen LogP contribution in [-0.2, 0) is 38.4 Å². The quantitative estimate of drug-likeness (QED) is 0.359. The molecule has 2 unspecified atom stereocenters. The molecule has 150 valence electrons. The average molecular weight is 385 g/mol. The predicted molar refractivity (Wildman–Crippen MR) is 90.3 cm³/mol. The first kappa shape index (κ1) is 22.7. The minimum absolute atomic E-state index is 0.0417. The SMILES string of the molecule is COCOC(C)(CCOCS(=O)(=O)N(C)C)OCC1COC(C)(C)O1. The third kappa shape index (κ3) is 8.27. The Kier molecular flexibility index (Phi) is 8.69. The molecule has 9 nitrogen and oxygen atoms in total. The zero-order valence-corrected chi connectivity index (χ0v) is 16.8. The monoisotopic (exact) mass is 385 g/mol. The summed E-state index contributed by atoms with van der Waals surface area (Å²) in [5.74, 6) is -2.01. The maximum Gasteiger partial charge on any atom is 0.237 e. The number of methoxy groups -OCH3 is 1. The maximum atomic E-state index is 11.7. The Morgan fingerprint density at radius 3 is 2.48 bits per heavy atom. The van der Waals surface area contributed by atoms with E-state index in [1.54, 1.807) is 6.92 Å². The number of ether oxygens (including phenoxy) is 6. The van der Waals surface area contributed by atoms with Crippen molar-refractivity contribution in [2.45, 2.75) is 44.9 Å². The molecule has 10 heteroatoms. The third-order valence-electron chi connectivity index (χ3n) is 3.61. The highest BCUT2D eigenvalue weighted by molar-refractivity contribution is 7.88. The number of rotatable bonds is 12. The summed E-state index contributed by atoms with van der Waals surface area (Å²) in [5, 5.41) is 0. The van der Waals surface area contributed by atoms with Gasteiger partial charge in [0.25, 0.3) is 0 Å². The van der Waals surface area contributed by atoms with Gasteiger partial charge in [-0.1, -0.05) is 0 Å². The van der Waals surface area contributed by atoms with Gasteiger partial charge in [0.15, 0.2) is 17.5 Å². The van der Waals surface area contributed by atoms with Crippen LogP contribution in [-0.4, -0.2) is 84.2 Å². The highest BCUT2D eigenvalue weighted by atomic mass is 32.2. The number of sulfonamides is 1. The van der Waals surface area contributed by atoms with Crippen LogP contribution in [0.25, 0.3) is 0 Å². The first-order valence-corrected chi connectivity index (χ1v) is 9.67. The van der Waals surface area contributed by atoms with Crippen molar-refractivity contribution >= 4 is 10.0 Å². The van der Waals surface area contributed by atoms with Gasteiger partial charge in [-0.3, -0.25) is 0 Å². The fourth-order valence-electron chi connectivity index (χ4n) is 2.01. The van der Waals surface area contributed by atoms with Crippen LogP contribution < -0.4 is 0 Å². The number of hydrogen-bond acceptors (Lipinski definition) is 8. The van der Waals surface area contributed by atoms with Gasteiger partial charge < -0.3 is 28.4 Å². The van der Waals surface area contributed by atoms with Gasteiger partial charge in [0.05, 0.1) is 19.8 Å². The number of nitrogens with zero attached hydrogens (tertiary/aromatic N) is 1. The minimum atomic E-state index is -3.40. The van der Waals surface area contributed by atoms with E-state index in [0.717, 1.165) is 4.31 Å². The van der Waals surface area contributed by atoms with Gasteiger partial charge in [-0.25, -0.2) is 12.7 Å². The van der Waals surface area contributed by atoms with E-state index in [2.05, 4.69) is 0 Å². The lowest BCUT2D eigenvalue weighted by atomic mass is 10.2. The molecule has 2 atom stereocenters. The molecular weight excluding hydrogens is 354 g/mol. The number of hydrogen-bond donors (Lipinski definition) is 0. The van der Waals surface area contributed by atoms with Crippen molar-refractivity contribution in [3.63, 3.8) is 0 Å². The van der Waals surface area contributed by atoms with Crippen LogP contribution in [0.2, 0.25) is 0 Å². The minimum Gasteiger partial charge on any atom is -0.364 e. The van der Waals surface area contributed by atoms with Crippen molar-refractivity contribution in [3.05, 3.63) is 0 Å². The normalized spacial score (nSPS) is 23.1. The zero-order valence-electron chi connectivity index (χ0n) is 15.9. The Hall–Kier alpha value is -0.330. The second-order valence-corrected chi connectivity index (χ2v) is 8.75. The molecular formula is C15H31NO8S. The fraction of sp³-hybridized carbons (Fsp3) is 1.00. The second-order valence-electron chi connectivity index (χ2n) is 6.62. The topological polar surface area (TPSA) is 92.8 Å². The zero-order chi connectivity index (χ0) is 19.1. The summed E-state index contributed by atoms with van der Waals surface area (Å²) in [7, 11) is 1.02. The molecule has 0 aromatic carbocycles. The smallest absolute Gasteiger partial charge is 0.237 e. The van der Waals surface area contributed by atoms with Crippen LogP contribution in [0.1, 0.15) is 27.2 Å². The van der Waals surface area contributed by atoms with Gasteiger partial charge in [-0.05, 0) is 20.8 Å². The van der Waals surface area contributed by atoms with Gasteiger partial charge >= 0.3 is 0 Å². The van der Waals surface area contributed by atoms with Crippen molar-refractivity contribution in [2.24, 2.45) is 0 Å². The van der Waals surface area contributed by atoms with Crippen LogP contribution in [0.5, 0.6) is 0 Å². The van der Waals surface area contributed by atoms with Crippen molar-refractivity contribution < 1.29 is 36.8 Å². The standard InChI is InChI=1S/C15H31NO8S/c1-14(2)21-9-13(24-14)10-22-15(3,23-11-19-6)7-8-20-12-25(17,18)16(4)5/h13H,7-12H2,1-6H3. The van der Waals surface area contributed by atoms with Gasteiger partial charge in [-0.15, -0.1) is 0 Å². The highest BCUT2D eigenvalue weighted by Gasteiger charge is 2.35. The molecule has 0 bridgehead atoms. The highest BCUT2D eigenvalue weighted by Crippen LogP contribution is 2.25. The Balaban J connectivity index is 2.45. The Morgan fingerprint density at radius 1 is 1.28 bits per heavy atom. The van der Waals surface area contributed by atoms with Crippen molar-refractivity contribution in [1.29, 1.82) is 0 Å². The molecule has 0 aromatic heterocycles. The van der Waals surface area contributed by atoms with Crippen molar-refractivity contribution in [1.82, 2.24) is 4.31 Å². The van der Waals surface area contributed by atoms with Crippen LogP contribution >= 0.6 is 0 Å².